The van der Waals surface area contributed by atoms with Crippen molar-refractivity contribution in [3.63, 3.8) is 0 Å². The van der Waals surface area contributed by atoms with E-state index in [-0.39, 0.29) is 24.1 Å². The molecule has 0 unspecified atom stereocenters. The molecule has 172 valence electrons. The monoisotopic (exact) mass is 466 g/mol. The Morgan fingerprint density at radius 3 is 2.76 bits per heavy atom. The van der Waals surface area contributed by atoms with E-state index in [2.05, 4.69) is 10.4 Å². The molecule has 8 heteroatoms. The third-order valence-corrected chi connectivity index (χ3v) is 5.63. The van der Waals surface area contributed by atoms with Gasteiger partial charge in [-0.15, -0.1) is 0 Å². The van der Waals surface area contributed by atoms with Gasteiger partial charge in [-0.05, 0) is 44.0 Å². The standard InChI is InChI=1S/C25H27ClN4O3/c1-17(2)33-12-6-11-27-23(31)16-30-25(32)24-21(14-28-30)20-9-3-4-10-22(20)29(24)15-18-7-5-8-19(26)13-18/h3-5,7-10,13-14,17H,6,11-12,15-16H2,1-2H3,(H,27,31). The Morgan fingerprint density at radius 2 is 1.97 bits per heavy atom. The number of benzene rings is 2. The van der Waals surface area contributed by atoms with Crippen LogP contribution in [0.2, 0.25) is 5.02 Å². The van der Waals surface area contributed by atoms with Crippen LogP contribution in [0.1, 0.15) is 25.8 Å². The van der Waals surface area contributed by atoms with Gasteiger partial charge >= 0.3 is 0 Å². The van der Waals surface area contributed by atoms with Crippen LogP contribution < -0.4 is 10.9 Å². The molecule has 0 saturated carbocycles. The number of hydrogen-bond donors (Lipinski definition) is 1. The number of nitrogens with one attached hydrogen (secondary N) is 1. The minimum atomic E-state index is -0.302. The van der Waals surface area contributed by atoms with Crippen molar-refractivity contribution in [1.82, 2.24) is 19.7 Å². The van der Waals surface area contributed by atoms with Crippen LogP contribution >= 0.6 is 11.6 Å². The van der Waals surface area contributed by atoms with Gasteiger partial charge in [0.2, 0.25) is 5.91 Å². The summed E-state index contributed by atoms with van der Waals surface area (Å²) in [4.78, 5) is 25.8. The molecule has 0 atom stereocenters. The maximum absolute atomic E-state index is 13.4. The molecule has 4 rings (SSSR count). The highest BCUT2D eigenvalue weighted by atomic mass is 35.5. The molecule has 0 spiro atoms. The predicted molar refractivity (Wildman–Crippen MR) is 131 cm³/mol. The summed E-state index contributed by atoms with van der Waals surface area (Å²) in [5.41, 5.74) is 2.13. The highest BCUT2D eigenvalue weighted by Crippen LogP contribution is 2.27. The Kier molecular flexibility index (Phi) is 7.11. The molecule has 0 aliphatic heterocycles. The summed E-state index contributed by atoms with van der Waals surface area (Å²) in [7, 11) is 0. The number of carbonyl (C=O) groups is 1. The molecule has 0 aliphatic carbocycles. The van der Waals surface area contributed by atoms with E-state index >= 15 is 0 Å². The molecule has 1 N–H and O–H groups in total. The summed E-state index contributed by atoms with van der Waals surface area (Å²) in [6.45, 7) is 5.34. The van der Waals surface area contributed by atoms with Crippen molar-refractivity contribution in [3.05, 3.63) is 75.7 Å². The van der Waals surface area contributed by atoms with Gasteiger partial charge in [0.05, 0.1) is 12.3 Å². The molecule has 7 nitrogen and oxygen atoms in total. The van der Waals surface area contributed by atoms with Gasteiger partial charge in [-0.3, -0.25) is 9.59 Å². The first-order chi connectivity index (χ1) is 15.9. The lowest BCUT2D eigenvalue weighted by Gasteiger charge is -2.10. The van der Waals surface area contributed by atoms with Gasteiger partial charge < -0.3 is 14.6 Å². The fourth-order valence-electron chi connectivity index (χ4n) is 3.90. The van der Waals surface area contributed by atoms with Crippen LogP contribution in [0.25, 0.3) is 21.8 Å². The van der Waals surface area contributed by atoms with Crippen LogP contribution in [0.4, 0.5) is 0 Å². The number of amides is 1. The predicted octanol–water partition coefficient (Wildman–Crippen LogP) is 3.98. The second-order valence-electron chi connectivity index (χ2n) is 8.23. The summed E-state index contributed by atoms with van der Waals surface area (Å²) < 4.78 is 8.67. The van der Waals surface area contributed by atoms with Gasteiger partial charge in [0, 0.05) is 41.0 Å². The maximum Gasteiger partial charge on any atom is 0.291 e. The van der Waals surface area contributed by atoms with Crippen LogP contribution in [0.3, 0.4) is 0 Å². The Hall–Kier alpha value is -3.16. The molecule has 2 aromatic carbocycles. The molecule has 0 aliphatic rings. The fraction of sp³-hybridized carbons (Fsp3) is 0.320. The first-order valence-electron chi connectivity index (χ1n) is 11.0. The third kappa shape index (κ3) is 5.26. The van der Waals surface area contributed by atoms with Gasteiger partial charge in [0.25, 0.3) is 5.56 Å². The fourth-order valence-corrected chi connectivity index (χ4v) is 4.11. The number of nitrogens with zero attached hydrogens (tertiary/aromatic N) is 3. The Morgan fingerprint density at radius 1 is 1.15 bits per heavy atom. The molecule has 2 heterocycles. The third-order valence-electron chi connectivity index (χ3n) is 5.39. The number of hydrogen-bond acceptors (Lipinski definition) is 4. The van der Waals surface area contributed by atoms with Crippen LogP contribution in [-0.4, -0.2) is 39.5 Å². The van der Waals surface area contributed by atoms with Crippen LogP contribution in [-0.2, 0) is 22.6 Å². The van der Waals surface area contributed by atoms with Gasteiger partial charge in [-0.1, -0.05) is 41.9 Å². The molecule has 0 saturated heterocycles. The summed E-state index contributed by atoms with van der Waals surface area (Å²) in [5, 5.41) is 9.46. The van der Waals surface area contributed by atoms with E-state index in [4.69, 9.17) is 16.3 Å². The number of rotatable bonds is 9. The van der Waals surface area contributed by atoms with Crippen molar-refractivity contribution in [1.29, 1.82) is 0 Å². The molecule has 4 aromatic rings. The number of fused-ring (bicyclic) bond motifs is 3. The van der Waals surface area contributed by atoms with Crippen molar-refractivity contribution < 1.29 is 9.53 Å². The zero-order chi connectivity index (χ0) is 23.4. The van der Waals surface area contributed by atoms with Gasteiger partial charge in [0.1, 0.15) is 12.1 Å². The molecular weight excluding hydrogens is 440 g/mol. The van der Waals surface area contributed by atoms with Crippen molar-refractivity contribution in [2.24, 2.45) is 0 Å². The molecule has 2 aromatic heterocycles. The normalized spacial score (nSPS) is 11.5. The second-order valence-corrected chi connectivity index (χ2v) is 8.66. The molecule has 33 heavy (non-hydrogen) atoms. The zero-order valence-corrected chi connectivity index (χ0v) is 19.5. The lowest BCUT2D eigenvalue weighted by Crippen LogP contribution is -2.34. The minimum Gasteiger partial charge on any atom is -0.379 e. The smallest absolute Gasteiger partial charge is 0.291 e. The molecular formula is C25H27ClN4O3. The Balaban J connectivity index is 1.63. The molecule has 0 fully saturated rings. The highest BCUT2D eigenvalue weighted by molar-refractivity contribution is 6.30. The van der Waals surface area contributed by atoms with Crippen molar-refractivity contribution in [2.45, 2.75) is 39.5 Å². The number of ether oxygens (including phenoxy) is 1. The van der Waals surface area contributed by atoms with Crippen LogP contribution in [0.15, 0.2) is 59.5 Å². The molecule has 0 radical (unpaired) electrons. The highest BCUT2D eigenvalue weighted by Gasteiger charge is 2.17. The van der Waals surface area contributed by atoms with Crippen molar-refractivity contribution in [2.75, 3.05) is 13.2 Å². The lowest BCUT2D eigenvalue weighted by atomic mass is 10.2. The maximum atomic E-state index is 13.4. The van der Waals surface area contributed by atoms with E-state index in [0.29, 0.717) is 36.7 Å². The van der Waals surface area contributed by atoms with E-state index < -0.39 is 0 Å². The summed E-state index contributed by atoms with van der Waals surface area (Å²) >= 11 is 6.17. The van der Waals surface area contributed by atoms with E-state index in [0.717, 1.165) is 21.9 Å². The molecule has 1 amide bonds. The SMILES string of the molecule is CC(C)OCCCNC(=O)Cn1ncc2c3ccccc3n(Cc3cccc(Cl)c3)c2c1=O. The summed E-state index contributed by atoms with van der Waals surface area (Å²) in [5.74, 6) is -0.258. The largest absolute Gasteiger partial charge is 0.379 e. The van der Waals surface area contributed by atoms with Crippen molar-refractivity contribution in [3.8, 4) is 0 Å². The number of carbonyl (C=O) groups excluding carboxylic acids is 1. The van der Waals surface area contributed by atoms with E-state index in [1.165, 1.54) is 4.68 Å². The van der Waals surface area contributed by atoms with Crippen LogP contribution in [0.5, 0.6) is 0 Å². The first-order valence-corrected chi connectivity index (χ1v) is 11.4. The Bertz CT molecular complexity index is 1340. The van der Waals surface area contributed by atoms with Crippen LogP contribution in [0, 0.1) is 0 Å². The number of para-hydroxylation sites is 1. The topological polar surface area (TPSA) is 78.2 Å². The average Bonchev–Trinajstić information content (AvgIpc) is 3.09. The minimum absolute atomic E-state index is 0.140. The van der Waals surface area contributed by atoms with Gasteiger partial charge in [-0.2, -0.15) is 5.10 Å². The van der Waals surface area contributed by atoms with E-state index in [1.807, 2.05) is 66.9 Å². The zero-order valence-electron chi connectivity index (χ0n) is 18.8. The molecule has 0 bridgehead atoms. The summed E-state index contributed by atoms with van der Waals surface area (Å²) in [6.07, 6.45) is 2.53. The van der Waals surface area contributed by atoms with Crippen molar-refractivity contribution >= 4 is 39.3 Å². The van der Waals surface area contributed by atoms with Gasteiger partial charge in [-0.25, -0.2) is 4.68 Å². The van der Waals surface area contributed by atoms with E-state index in [9.17, 15) is 9.59 Å². The average molecular weight is 467 g/mol. The Labute approximate surface area is 196 Å². The van der Waals surface area contributed by atoms with E-state index in [1.54, 1.807) is 6.20 Å². The number of halogens is 1. The summed E-state index contributed by atoms with van der Waals surface area (Å²) in [6, 6.07) is 15.4. The quantitative estimate of drug-likeness (QED) is 0.378. The lowest BCUT2D eigenvalue weighted by molar-refractivity contribution is -0.121. The first kappa shape index (κ1) is 23.0. The second kappa shape index (κ2) is 10.2. The number of aromatic nitrogens is 3. The van der Waals surface area contributed by atoms with Gasteiger partial charge in [0.15, 0.2) is 0 Å².